The van der Waals surface area contributed by atoms with E-state index in [2.05, 4.69) is 10.4 Å². The highest BCUT2D eigenvalue weighted by atomic mass is 16.5. The molecule has 1 unspecified atom stereocenters. The van der Waals surface area contributed by atoms with Gasteiger partial charge in [-0.3, -0.25) is 9.48 Å². The zero-order valence-corrected chi connectivity index (χ0v) is 10.1. The van der Waals surface area contributed by atoms with E-state index in [0.717, 1.165) is 6.54 Å². The molecule has 0 saturated carbocycles. The van der Waals surface area contributed by atoms with Crippen LogP contribution in [0.25, 0.3) is 0 Å². The highest BCUT2D eigenvalue weighted by molar-refractivity contribution is 5.97. The molecule has 1 aliphatic heterocycles. The topological polar surface area (TPSA) is 65.4 Å². The summed E-state index contributed by atoms with van der Waals surface area (Å²) in [7, 11) is 3.27. The van der Waals surface area contributed by atoms with Crippen molar-refractivity contribution in [1.82, 2.24) is 15.1 Å². The first-order valence-electron chi connectivity index (χ1n) is 5.64. The number of morpholine rings is 1. The van der Waals surface area contributed by atoms with Crippen LogP contribution in [0.4, 0.5) is 0 Å². The lowest BCUT2D eigenvalue weighted by atomic mass is 10.1. The second kappa shape index (κ2) is 5.29. The van der Waals surface area contributed by atoms with Crippen molar-refractivity contribution in [3.05, 3.63) is 11.9 Å². The molecule has 0 amide bonds. The average molecular weight is 239 g/mol. The normalized spacial score (nSPS) is 20.2. The van der Waals surface area contributed by atoms with E-state index in [1.807, 2.05) is 0 Å². The van der Waals surface area contributed by atoms with Gasteiger partial charge in [-0.1, -0.05) is 0 Å². The lowest BCUT2D eigenvalue weighted by molar-refractivity contribution is 0.0237. The van der Waals surface area contributed by atoms with Crippen LogP contribution in [0.5, 0.6) is 5.75 Å². The lowest BCUT2D eigenvalue weighted by Gasteiger charge is -2.22. The summed E-state index contributed by atoms with van der Waals surface area (Å²) in [4.78, 5) is 12.1. The number of hydrogen-bond acceptors (Lipinski definition) is 5. The number of Topliss-reactive ketones (excluding diaryl/α,β-unsaturated/α-hetero) is 1. The summed E-state index contributed by atoms with van der Waals surface area (Å²) in [5.41, 5.74) is 0.502. The van der Waals surface area contributed by atoms with Crippen LogP contribution >= 0.6 is 0 Å². The van der Waals surface area contributed by atoms with Crippen molar-refractivity contribution in [2.45, 2.75) is 12.5 Å². The fourth-order valence-corrected chi connectivity index (χ4v) is 1.94. The number of nitrogens with one attached hydrogen (secondary N) is 1. The maximum absolute atomic E-state index is 12.1. The lowest BCUT2D eigenvalue weighted by Crippen LogP contribution is -2.39. The number of aromatic nitrogens is 2. The molecule has 1 aromatic heterocycles. The number of ether oxygens (including phenoxy) is 2. The van der Waals surface area contributed by atoms with Gasteiger partial charge in [0.1, 0.15) is 5.69 Å². The Morgan fingerprint density at radius 3 is 3.24 bits per heavy atom. The predicted octanol–water partition coefficient (Wildman–Crippen LogP) is -0.0101. The third-order valence-corrected chi connectivity index (χ3v) is 2.81. The van der Waals surface area contributed by atoms with Crippen LogP contribution < -0.4 is 10.1 Å². The molecule has 0 aromatic carbocycles. The molecule has 1 aliphatic rings. The van der Waals surface area contributed by atoms with Gasteiger partial charge in [0.15, 0.2) is 11.5 Å². The molecule has 1 atom stereocenters. The molecule has 6 heteroatoms. The Balaban J connectivity index is 2.05. The van der Waals surface area contributed by atoms with Gasteiger partial charge in [-0.05, 0) is 0 Å². The zero-order valence-electron chi connectivity index (χ0n) is 10.1. The first kappa shape index (κ1) is 12.1. The Hall–Kier alpha value is -1.40. The van der Waals surface area contributed by atoms with Gasteiger partial charge in [-0.15, -0.1) is 0 Å². The number of carbonyl (C=O) groups is 1. The number of aryl methyl sites for hydroxylation is 1. The Bertz CT molecular complexity index is 397. The van der Waals surface area contributed by atoms with Crippen molar-refractivity contribution in [3.8, 4) is 5.75 Å². The van der Waals surface area contributed by atoms with Crippen LogP contribution in [0, 0.1) is 0 Å². The van der Waals surface area contributed by atoms with Gasteiger partial charge >= 0.3 is 0 Å². The second-order valence-corrected chi connectivity index (χ2v) is 4.01. The fraction of sp³-hybridized carbons (Fsp3) is 0.636. The molecule has 6 nitrogen and oxygen atoms in total. The smallest absolute Gasteiger partial charge is 0.187 e. The van der Waals surface area contributed by atoms with Crippen LogP contribution in [0.2, 0.25) is 0 Å². The van der Waals surface area contributed by atoms with Crippen LogP contribution in [0.1, 0.15) is 16.9 Å². The first-order valence-corrected chi connectivity index (χ1v) is 5.64. The van der Waals surface area contributed by atoms with Gasteiger partial charge in [0.05, 0.1) is 26.0 Å². The molecule has 0 radical (unpaired) electrons. The Labute approximate surface area is 99.9 Å². The summed E-state index contributed by atoms with van der Waals surface area (Å²) in [6.45, 7) is 2.21. The number of ketones is 1. The molecule has 2 heterocycles. The largest absolute Gasteiger partial charge is 0.493 e. The van der Waals surface area contributed by atoms with E-state index in [1.165, 1.54) is 11.8 Å². The minimum atomic E-state index is -0.0594. The summed E-state index contributed by atoms with van der Waals surface area (Å²) in [6, 6.07) is 0. The van der Waals surface area contributed by atoms with Crippen LogP contribution in [-0.4, -0.2) is 48.5 Å². The summed E-state index contributed by atoms with van der Waals surface area (Å²) >= 11 is 0. The first-order chi connectivity index (χ1) is 8.22. The number of hydrogen-bond donors (Lipinski definition) is 1. The highest BCUT2D eigenvalue weighted by Gasteiger charge is 2.23. The van der Waals surface area contributed by atoms with Gasteiger partial charge in [-0.25, -0.2) is 0 Å². The molecular weight excluding hydrogens is 222 g/mol. The molecule has 0 spiro atoms. The van der Waals surface area contributed by atoms with Crippen molar-refractivity contribution >= 4 is 5.78 Å². The third-order valence-electron chi connectivity index (χ3n) is 2.81. The molecule has 1 N–H and O–H groups in total. The van der Waals surface area contributed by atoms with Crippen molar-refractivity contribution in [2.24, 2.45) is 7.05 Å². The van der Waals surface area contributed by atoms with E-state index in [9.17, 15) is 4.79 Å². The van der Waals surface area contributed by atoms with E-state index in [0.29, 0.717) is 31.0 Å². The maximum atomic E-state index is 12.1. The highest BCUT2D eigenvalue weighted by Crippen LogP contribution is 2.19. The summed E-state index contributed by atoms with van der Waals surface area (Å²) in [6.07, 6.45) is 1.84. The van der Waals surface area contributed by atoms with E-state index >= 15 is 0 Å². The SMILES string of the molecule is COc1cnn(C)c1C(=O)CC1CNCCO1. The van der Waals surface area contributed by atoms with Crippen molar-refractivity contribution in [2.75, 3.05) is 26.8 Å². The molecular formula is C11H17N3O3. The van der Waals surface area contributed by atoms with Gasteiger partial charge in [-0.2, -0.15) is 5.10 Å². The summed E-state index contributed by atoms with van der Waals surface area (Å²) in [5.74, 6) is 0.511. The van der Waals surface area contributed by atoms with Crippen LogP contribution in [0.3, 0.4) is 0 Å². The molecule has 1 fully saturated rings. The average Bonchev–Trinajstić information content (AvgIpc) is 2.71. The minimum absolute atomic E-state index is 0.00412. The summed E-state index contributed by atoms with van der Waals surface area (Å²) < 4.78 is 12.2. The molecule has 0 aliphatic carbocycles. The van der Waals surface area contributed by atoms with Gasteiger partial charge in [0, 0.05) is 26.6 Å². The maximum Gasteiger partial charge on any atom is 0.187 e. The van der Waals surface area contributed by atoms with E-state index < -0.39 is 0 Å². The van der Waals surface area contributed by atoms with Crippen molar-refractivity contribution in [1.29, 1.82) is 0 Å². The number of carbonyl (C=O) groups excluding carboxylic acids is 1. The summed E-state index contributed by atoms with van der Waals surface area (Å²) in [5, 5.41) is 7.21. The molecule has 94 valence electrons. The molecule has 2 rings (SSSR count). The second-order valence-electron chi connectivity index (χ2n) is 4.01. The Morgan fingerprint density at radius 1 is 1.76 bits per heavy atom. The zero-order chi connectivity index (χ0) is 12.3. The number of nitrogens with zero attached hydrogens (tertiary/aromatic N) is 2. The van der Waals surface area contributed by atoms with Crippen molar-refractivity contribution in [3.63, 3.8) is 0 Å². The van der Waals surface area contributed by atoms with E-state index in [-0.39, 0.29) is 11.9 Å². The third kappa shape index (κ3) is 2.65. The number of methoxy groups -OCH3 is 1. The van der Waals surface area contributed by atoms with E-state index in [1.54, 1.807) is 13.2 Å². The quantitative estimate of drug-likeness (QED) is 0.749. The number of rotatable bonds is 4. The monoisotopic (exact) mass is 239 g/mol. The van der Waals surface area contributed by atoms with Crippen LogP contribution in [-0.2, 0) is 11.8 Å². The minimum Gasteiger partial charge on any atom is -0.493 e. The van der Waals surface area contributed by atoms with Crippen molar-refractivity contribution < 1.29 is 14.3 Å². The predicted molar refractivity (Wildman–Crippen MR) is 61.3 cm³/mol. The molecule has 0 bridgehead atoms. The standard InChI is InChI=1S/C11H17N3O3/c1-14-11(10(16-2)7-13-14)9(15)5-8-6-12-3-4-17-8/h7-8,12H,3-6H2,1-2H3. The molecule has 1 aromatic rings. The van der Waals surface area contributed by atoms with Gasteiger partial charge in [0.2, 0.25) is 0 Å². The van der Waals surface area contributed by atoms with Gasteiger partial charge < -0.3 is 14.8 Å². The Kier molecular flexibility index (Phi) is 3.75. The molecule has 17 heavy (non-hydrogen) atoms. The van der Waals surface area contributed by atoms with E-state index in [4.69, 9.17) is 9.47 Å². The van der Waals surface area contributed by atoms with Crippen LogP contribution in [0.15, 0.2) is 6.20 Å². The Morgan fingerprint density at radius 2 is 2.59 bits per heavy atom. The van der Waals surface area contributed by atoms with Gasteiger partial charge in [0.25, 0.3) is 0 Å². The fourth-order valence-electron chi connectivity index (χ4n) is 1.94. The molecule has 1 saturated heterocycles.